The molecule has 0 atom stereocenters. The number of benzene rings is 3. The van der Waals surface area contributed by atoms with Gasteiger partial charge in [-0.2, -0.15) is 5.10 Å². The molecule has 0 spiro atoms. The van der Waals surface area contributed by atoms with Gasteiger partial charge in [0.1, 0.15) is 5.69 Å². The summed E-state index contributed by atoms with van der Waals surface area (Å²) in [6.07, 6.45) is 1.68. The minimum atomic E-state index is -0.669. The predicted octanol–water partition coefficient (Wildman–Crippen LogP) is 4.54. The molecule has 3 N–H and O–H groups in total. The minimum Gasteiger partial charge on any atom is -0.366 e. The maximum atomic E-state index is 13.1. The van der Waals surface area contributed by atoms with Crippen molar-refractivity contribution in [2.75, 3.05) is 5.32 Å². The molecule has 1 heterocycles. The van der Waals surface area contributed by atoms with Crippen LogP contribution in [0.3, 0.4) is 0 Å². The lowest BCUT2D eigenvalue weighted by molar-refractivity contribution is 0.0996. The molecule has 0 bridgehead atoms. The fraction of sp³-hybridized carbons (Fsp3) is 0. The number of halogens is 1. The summed E-state index contributed by atoms with van der Waals surface area (Å²) in [7, 11) is 0. The molecule has 0 aliphatic carbocycles. The number of rotatable bonds is 5. The van der Waals surface area contributed by atoms with Gasteiger partial charge in [0.2, 0.25) is 5.91 Å². The van der Waals surface area contributed by atoms with E-state index in [4.69, 9.17) is 17.3 Å². The maximum absolute atomic E-state index is 13.1. The van der Waals surface area contributed by atoms with Crippen molar-refractivity contribution in [3.8, 4) is 16.9 Å². The topological polar surface area (TPSA) is 90.0 Å². The predicted molar refractivity (Wildman–Crippen MR) is 117 cm³/mol. The lowest BCUT2D eigenvalue weighted by Gasteiger charge is -2.08. The minimum absolute atomic E-state index is 0.137. The molecule has 148 valence electrons. The van der Waals surface area contributed by atoms with Crippen molar-refractivity contribution in [2.45, 2.75) is 0 Å². The summed E-state index contributed by atoms with van der Waals surface area (Å²) < 4.78 is 1.66. The third-order valence-electron chi connectivity index (χ3n) is 4.52. The Balaban J connectivity index is 1.74. The first kappa shape index (κ1) is 19.4. The van der Waals surface area contributed by atoms with Crippen LogP contribution in [0.5, 0.6) is 0 Å². The van der Waals surface area contributed by atoms with E-state index in [0.29, 0.717) is 16.9 Å². The average molecular weight is 417 g/mol. The second-order valence-electron chi connectivity index (χ2n) is 6.55. The van der Waals surface area contributed by atoms with E-state index in [1.54, 1.807) is 16.9 Å². The highest BCUT2D eigenvalue weighted by molar-refractivity contribution is 6.34. The third-order valence-corrected chi connectivity index (χ3v) is 4.85. The van der Waals surface area contributed by atoms with Crippen molar-refractivity contribution in [1.29, 1.82) is 0 Å². The van der Waals surface area contributed by atoms with E-state index >= 15 is 0 Å². The van der Waals surface area contributed by atoms with Crippen molar-refractivity contribution in [2.24, 2.45) is 5.73 Å². The largest absolute Gasteiger partial charge is 0.366 e. The number of primary amides is 1. The lowest BCUT2D eigenvalue weighted by atomic mass is 10.1. The van der Waals surface area contributed by atoms with Crippen molar-refractivity contribution in [3.05, 3.63) is 101 Å². The summed E-state index contributed by atoms with van der Waals surface area (Å²) in [6.45, 7) is 0. The highest BCUT2D eigenvalue weighted by Gasteiger charge is 2.19. The quantitative estimate of drug-likeness (QED) is 0.500. The van der Waals surface area contributed by atoms with Gasteiger partial charge >= 0.3 is 0 Å². The number of aromatic nitrogens is 2. The molecule has 0 saturated carbocycles. The summed E-state index contributed by atoms with van der Waals surface area (Å²) in [5, 5.41) is 7.66. The molecule has 4 rings (SSSR count). The Kier molecular flexibility index (Phi) is 5.32. The standard InChI is InChI=1S/C23H17ClN4O2/c24-20-12-11-16(13-18(20)22(25)29)26-23(30)19-14-28(17-9-5-2-6-10-17)27-21(19)15-7-3-1-4-8-15/h1-14H,(H2,25,29)(H,26,30). The molecule has 0 fully saturated rings. The van der Waals surface area contributed by atoms with E-state index in [1.165, 1.54) is 12.1 Å². The second kappa shape index (κ2) is 8.23. The molecule has 0 saturated heterocycles. The molecule has 4 aromatic rings. The average Bonchev–Trinajstić information content (AvgIpc) is 3.22. The summed E-state index contributed by atoms with van der Waals surface area (Å²) >= 11 is 5.99. The van der Waals surface area contributed by atoms with Gasteiger partial charge in [-0.15, -0.1) is 0 Å². The van der Waals surface area contributed by atoms with Crippen LogP contribution in [0.15, 0.2) is 85.1 Å². The number of carbonyl (C=O) groups excluding carboxylic acids is 2. The van der Waals surface area contributed by atoms with Crippen molar-refractivity contribution in [3.63, 3.8) is 0 Å². The Labute approximate surface area is 177 Å². The number of hydrogen-bond donors (Lipinski definition) is 2. The van der Waals surface area contributed by atoms with Crippen LogP contribution in [0.2, 0.25) is 5.02 Å². The summed E-state index contributed by atoms with van der Waals surface area (Å²) in [5.41, 5.74) is 8.46. The number of nitrogens with one attached hydrogen (secondary N) is 1. The van der Waals surface area contributed by atoms with Crippen molar-refractivity contribution in [1.82, 2.24) is 9.78 Å². The van der Waals surface area contributed by atoms with E-state index in [9.17, 15) is 9.59 Å². The molecule has 6 nitrogen and oxygen atoms in total. The van der Waals surface area contributed by atoms with E-state index in [-0.39, 0.29) is 16.5 Å². The van der Waals surface area contributed by atoms with Gasteiger partial charge < -0.3 is 11.1 Å². The molecule has 3 aromatic carbocycles. The Hall–Kier alpha value is -3.90. The zero-order valence-electron chi connectivity index (χ0n) is 15.7. The fourth-order valence-corrected chi connectivity index (χ4v) is 3.26. The molecule has 30 heavy (non-hydrogen) atoms. The summed E-state index contributed by atoms with van der Waals surface area (Å²) in [5.74, 6) is -1.04. The van der Waals surface area contributed by atoms with E-state index in [2.05, 4.69) is 10.4 Å². The molecular formula is C23H17ClN4O2. The van der Waals surface area contributed by atoms with Crippen LogP contribution >= 0.6 is 11.6 Å². The van der Waals surface area contributed by atoms with Crippen molar-refractivity contribution >= 4 is 29.1 Å². The van der Waals surface area contributed by atoms with Gasteiger partial charge in [0, 0.05) is 17.4 Å². The highest BCUT2D eigenvalue weighted by atomic mass is 35.5. The van der Waals surface area contributed by atoms with Gasteiger partial charge in [0.15, 0.2) is 0 Å². The molecule has 0 aliphatic heterocycles. The van der Waals surface area contributed by atoms with E-state index < -0.39 is 5.91 Å². The number of nitrogens with zero attached hydrogens (tertiary/aromatic N) is 2. The molecule has 0 unspecified atom stereocenters. The Morgan fingerprint density at radius 2 is 1.57 bits per heavy atom. The van der Waals surface area contributed by atoms with Crippen LogP contribution in [0.25, 0.3) is 16.9 Å². The zero-order valence-corrected chi connectivity index (χ0v) is 16.5. The molecule has 0 aliphatic rings. The van der Waals surface area contributed by atoms with Gasteiger partial charge in [0.05, 0.1) is 21.8 Å². The Bertz CT molecular complexity index is 1220. The lowest BCUT2D eigenvalue weighted by Crippen LogP contribution is -2.15. The Morgan fingerprint density at radius 1 is 0.900 bits per heavy atom. The smallest absolute Gasteiger partial charge is 0.259 e. The van der Waals surface area contributed by atoms with Crippen LogP contribution in [0, 0.1) is 0 Å². The monoisotopic (exact) mass is 416 g/mol. The molecule has 2 amide bonds. The van der Waals surface area contributed by atoms with Crippen LogP contribution < -0.4 is 11.1 Å². The van der Waals surface area contributed by atoms with E-state index in [1.807, 2.05) is 60.7 Å². The SMILES string of the molecule is NC(=O)c1cc(NC(=O)c2cn(-c3ccccc3)nc2-c2ccccc2)ccc1Cl. The van der Waals surface area contributed by atoms with Crippen LogP contribution in [-0.4, -0.2) is 21.6 Å². The summed E-state index contributed by atoms with van der Waals surface area (Å²) in [6, 6.07) is 23.6. The maximum Gasteiger partial charge on any atom is 0.259 e. The first-order valence-corrected chi connectivity index (χ1v) is 9.52. The summed E-state index contributed by atoms with van der Waals surface area (Å²) in [4.78, 5) is 24.6. The molecule has 7 heteroatoms. The van der Waals surface area contributed by atoms with Crippen molar-refractivity contribution < 1.29 is 9.59 Å². The number of para-hydroxylation sites is 1. The van der Waals surface area contributed by atoms with Gasteiger partial charge in [-0.1, -0.05) is 60.1 Å². The van der Waals surface area contributed by atoms with Gasteiger partial charge in [0.25, 0.3) is 5.91 Å². The first-order chi connectivity index (χ1) is 14.5. The van der Waals surface area contributed by atoms with Crippen LogP contribution in [0.4, 0.5) is 5.69 Å². The number of anilines is 1. The fourth-order valence-electron chi connectivity index (χ4n) is 3.05. The number of carbonyl (C=O) groups is 2. The Morgan fingerprint density at radius 3 is 2.23 bits per heavy atom. The normalized spacial score (nSPS) is 10.6. The van der Waals surface area contributed by atoms with Crippen LogP contribution in [0.1, 0.15) is 20.7 Å². The molecule has 1 aromatic heterocycles. The highest BCUT2D eigenvalue weighted by Crippen LogP contribution is 2.26. The number of hydrogen-bond acceptors (Lipinski definition) is 3. The van der Waals surface area contributed by atoms with Gasteiger partial charge in [-0.05, 0) is 30.3 Å². The zero-order chi connectivity index (χ0) is 21.1. The molecular weight excluding hydrogens is 400 g/mol. The van der Waals surface area contributed by atoms with E-state index in [0.717, 1.165) is 11.3 Å². The van der Waals surface area contributed by atoms with Gasteiger partial charge in [-0.25, -0.2) is 4.68 Å². The first-order valence-electron chi connectivity index (χ1n) is 9.14. The molecule has 0 radical (unpaired) electrons. The number of amides is 2. The van der Waals surface area contributed by atoms with Gasteiger partial charge in [-0.3, -0.25) is 9.59 Å². The number of nitrogens with two attached hydrogens (primary N) is 1. The second-order valence-corrected chi connectivity index (χ2v) is 6.96. The third kappa shape index (κ3) is 3.94. The van der Waals surface area contributed by atoms with Crippen LogP contribution in [-0.2, 0) is 0 Å².